The van der Waals surface area contributed by atoms with Crippen LogP contribution in [0.15, 0.2) is 0 Å². The number of methoxy groups -OCH3 is 1. The molecule has 0 radical (unpaired) electrons. The Kier molecular flexibility index (Phi) is 6.80. The number of hydrogen-bond acceptors (Lipinski definition) is 5. The van der Waals surface area contributed by atoms with Crippen LogP contribution in [0.3, 0.4) is 0 Å². The summed E-state index contributed by atoms with van der Waals surface area (Å²) in [5.41, 5.74) is 0. The van der Waals surface area contributed by atoms with Crippen LogP contribution >= 0.6 is 0 Å². The first-order chi connectivity index (χ1) is 9.06. The molecular weight excluding hydrogens is 246 g/mol. The van der Waals surface area contributed by atoms with Crippen molar-refractivity contribution in [3.05, 3.63) is 0 Å². The minimum Gasteiger partial charge on any atom is -0.469 e. The number of ether oxygens (including phenoxy) is 1. The van der Waals surface area contributed by atoms with Crippen molar-refractivity contribution in [1.82, 2.24) is 15.1 Å². The maximum atomic E-state index is 12.2. The van der Waals surface area contributed by atoms with Crippen molar-refractivity contribution in [1.29, 1.82) is 0 Å². The number of rotatable bonds is 6. The highest BCUT2D eigenvalue weighted by molar-refractivity contribution is 5.81. The highest BCUT2D eigenvalue weighted by Gasteiger charge is 2.24. The number of carbonyl (C=O) groups excluding carboxylic acids is 2. The number of piperazine rings is 1. The lowest BCUT2D eigenvalue weighted by molar-refractivity contribution is -0.141. The molecule has 1 heterocycles. The van der Waals surface area contributed by atoms with Crippen molar-refractivity contribution in [3.63, 3.8) is 0 Å². The van der Waals surface area contributed by atoms with Crippen molar-refractivity contribution in [2.24, 2.45) is 0 Å². The van der Waals surface area contributed by atoms with Crippen molar-refractivity contribution >= 4 is 11.9 Å². The fourth-order valence-electron chi connectivity index (χ4n) is 2.22. The number of amides is 1. The van der Waals surface area contributed by atoms with Crippen LogP contribution < -0.4 is 5.32 Å². The fourth-order valence-corrected chi connectivity index (χ4v) is 2.22. The monoisotopic (exact) mass is 271 g/mol. The highest BCUT2D eigenvalue weighted by atomic mass is 16.5. The summed E-state index contributed by atoms with van der Waals surface area (Å²) < 4.78 is 4.58. The van der Waals surface area contributed by atoms with E-state index in [0.29, 0.717) is 19.4 Å². The smallest absolute Gasteiger partial charge is 0.305 e. The first-order valence-corrected chi connectivity index (χ1v) is 6.83. The fraction of sp³-hybridized carbons (Fsp3) is 0.846. The number of esters is 1. The van der Waals surface area contributed by atoms with Crippen LogP contribution in [0.5, 0.6) is 0 Å². The third-order valence-corrected chi connectivity index (χ3v) is 3.54. The van der Waals surface area contributed by atoms with E-state index in [4.69, 9.17) is 0 Å². The van der Waals surface area contributed by atoms with Gasteiger partial charge < -0.3 is 15.0 Å². The molecule has 6 heteroatoms. The average molecular weight is 271 g/mol. The molecule has 6 nitrogen and oxygen atoms in total. The number of carbonyl (C=O) groups is 2. The minimum absolute atomic E-state index is 0.0924. The van der Waals surface area contributed by atoms with Gasteiger partial charge in [-0.1, -0.05) is 0 Å². The van der Waals surface area contributed by atoms with Crippen LogP contribution in [0.2, 0.25) is 0 Å². The second kappa shape index (κ2) is 8.12. The number of likely N-dealkylation sites (N-methyl/N-ethyl adjacent to an activating group) is 1. The zero-order chi connectivity index (χ0) is 14.3. The summed E-state index contributed by atoms with van der Waals surface area (Å²) in [7, 11) is 3.17. The predicted molar refractivity (Wildman–Crippen MR) is 72.8 cm³/mol. The van der Waals surface area contributed by atoms with E-state index >= 15 is 0 Å². The molecule has 1 aliphatic heterocycles. The molecule has 1 aliphatic rings. The van der Waals surface area contributed by atoms with Crippen LogP contribution in [0, 0.1) is 0 Å². The molecular formula is C13H25N3O3. The van der Waals surface area contributed by atoms with Gasteiger partial charge in [0.25, 0.3) is 0 Å². The zero-order valence-corrected chi connectivity index (χ0v) is 12.1. The molecule has 1 unspecified atom stereocenters. The van der Waals surface area contributed by atoms with Crippen molar-refractivity contribution < 1.29 is 14.3 Å². The van der Waals surface area contributed by atoms with Crippen LogP contribution in [0.1, 0.15) is 19.8 Å². The van der Waals surface area contributed by atoms with Crippen LogP contribution in [-0.4, -0.2) is 74.6 Å². The van der Waals surface area contributed by atoms with Crippen molar-refractivity contribution in [2.75, 3.05) is 46.9 Å². The molecule has 0 spiro atoms. The Bertz CT molecular complexity index is 304. The van der Waals surface area contributed by atoms with E-state index in [1.165, 1.54) is 7.11 Å². The van der Waals surface area contributed by atoms with E-state index in [1.807, 2.05) is 6.92 Å². The topological polar surface area (TPSA) is 61.9 Å². The Labute approximate surface area is 115 Å². The third-order valence-electron chi connectivity index (χ3n) is 3.54. The quantitative estimate of drug-likeness (QED) is 0.672. The Hall–Kier alpha value is -1.14. The SMILES string of the molecule is COC(=O)CCCN(C)C(=O)C(C)N1CCNCC1. The first kappa shape index (κ1) is 15.9. The molecule has 0 aromatic rings. The Balaban J connectivity index is 2.31. The normalized spacial score (nSPS) is 17.8. The van der Waals surface area contributed by atoms with Crippen LogP contribution in [-0.2, 0) is 14.3 Å². The molecule has 1 fully saturated rings. The van der Waals surface area contributed by atoms with Crippen molar-refractivity contribution in [3.8, 4) is 0 Å². The molecule has 1 atom stereocenters. The molecule has 0 aromatic heterocycles. The summed E-state index contributed by atoms with van der Waals surface area (Å²) in [5.74, 6) is -0.109. The van der Waals surface area contributed by atoms with Crippen LogP contribution in [0.4, 0.5) is 0 Å². The van der Waals surface area contributed by atoms with Crippen molar-refractivity contribution in [2.45, 2.75) is 25.8 Å². The molecule has 110 valence electrons. The van der Waals surface area contributed by atoms with Gasteiger partial charge in [-0.3, -0.25) is 14.5 Å². The number of nitrogens with one attached hydrogen (secondary N) is 1. The summed E-state index contributed by atoms with van der Waals surface area (Å²) in [6.07, 6.45) is 0.999. The lowest BCUT2D eigenvalue weighted by Crippen LogP contribution is -2.53. The molecule has 1 N–H and O–H groups in total. The van der Waals surface area contributed by atoms with Gasteiger partial charge in [0, 0.05) is 46.2 Å². The second-order valence-electron chi connectivity index (χ2n) is 4.90. The van der Waals surface area contributed by atoms with Gasteiger partial charge in [0.15, 0.2) is 0 Å². The third kappa shape index (κ3) is 5.16. The predicted octanol–water partition coefficient (Wildman–Crippen LogP) is -0.308. The van der Waals surface area contributed by atoms with Crippen LogP contribution in [0.25, 0.3) is 0 Å². The second-order valence-corrected chi connectivity index (χ2v) is 4.90. The summed E-state index contributed by atoms with van der Waals surface area (Å²) in [5, 5.41) is 3.27. The van der Waals surface area contributed by atoms with E-state index in [-0.39, 0.29) is 17.9 Å². The highest BCUT2D eigenvalue weighted by Crippen LogP contribution is 2.05. The molecule has 0 aromatic carbocycles. The van der Waals surface area contributed by atoms with Gasteiger partial charge in [-0.15, -0.1) is 0 Å². The maximum absolute atomic E-state index is 12.2. The van der Waals surface area contributed by atoms with E-state index in [2.05, 4.69) is 15.0 Å². The number of hydrogen-bond donors (Lipinski definition) is 1. The van der Waals surface area contributed by atoms with E-state index < -0.39 is 0 Å². The lowest BCUT2D eigenvalue weighted by Gasteiger charge is -2.34. The average Bonchev–Trinajstić information content (AvgIpc) is 2.46. The van der Waals surface area contributed by atoms with Gasteiger partial charge in [0.05, 0.1) is 13.2 Å². The van der Waals surface area contributed by atoms with E-state index in [1.54, 1.807) is 11.9 Å². The molecule has 0 bridgehead atoms. The van der Waals surface area contributed by atoms with Gasteiger partial charge in [0.2, 0.25) is 5.91 Å². The Morgan fingerprint density at radius 3 is 2.58 bits per heavy atom. The number of nitrogens with zero attached hydrogens (tertiary/aromatic N) is 2. The van der Waals surface area contributed by atoms with E-state index in [0.717, 1.165) is 26.2 Å². The van der Waals surface area contributed by atoms with Gasteiger partial charge >= 0.3 is 5.97 Å². The molecule has 0 aliphatic carbocycles. The summed E-state index contributed by atoms with van der Waals surface area (Å²) in [6, 6.07) is -0.0924. The largest absolute Gasteiger partial charge is 0.469 e. The maximum Gasteiger partial charge on any atom is 0.305 e. The minimum atomic E-state index is -0.226. The van der Waals surface area contributed by atoms with Gasteiger partial charge in [0.1, 0.15) is 0 Å². The molecule has 1 amide bonds. The Morgan fingerprint density at radius 2 is 2.00 bits per heavy atom. The summed E-state index contributed by atoms with van der Waals surface area (Å²) in [4.78, 5) is 27.1. The standard InChI is InChI=1S/C13H25N3O3/c1-11(16-9-6-14-7-10-16)13(18)15(2)8-4-5-12(17)19-3/h11,14H,4-10H2,1-3H3. The van der Waals surface area contributed by atoms with Gasteiger partial charge in [-0.2, -0.15) is 0 Å². The molecule has 1 saturated heterocycles. The molecule has 19 heavy (non-hydrogen) atoms. The zero-order valence-electron chi connectivity index (χ0n) is 12.1. The summed E-state index contributed by atoms with van der Waals surface area (Å²) >= 11 is 0. The van der Waals surface area contributed by atoms with Gasteiger partial charge in [-0.05, 0) is 13.3 Å². The molecule has 0 saturated carbocycles. The summed E-state index contributed by atoms with van der Waals surface area (Å²) in [6.45, 7) is 6.22. The Morgan fingerprint density at radius 1 is 1.37 bits per heavy atom. The van der Waals surface area contributed by atoms with E-state index in [9.17, 15) is 9.59 Å². The first-order valence-electron chi connectivity index (χ1n) is 6.83. The molecule has 1 rings (SSSR count). The van der Waals surface area contributed by atoms with Gasteiger partial charge in [-0.25, -0.2) is 0 Å². The lowest BCUT2D eigenvalue weighted by atomic mass is 10.2.